The van der Waals surface area contributed by atoms with E-state index in [0.717, 1.165) is 0 Å². The Morgan fingerprint density at radius 3 is 2.73 bits per heavy atom. The van der Waals surface area contributed by atoms with E-state index in [1.54, 1.807) is 0 Å². The van der Waals surface area contributed by atoms with Crippen LogP contribution < -0.4 is 5.73 Å². The number of imidazole rings is 1. The molecule has 0 radical (unpaired) electrons. The van der Waals surface area contributed by atoms with Crippen LogP contribution in [0.1, 0.15) is 29.3 Å². The average Bonchev–Trinajstić information content (AvgIpc) is 2.99. The van der Waals surface area contributed by atoms with E-state index in [9.17, 15) is 20.1 Å². The van der Waals surface area contributed by atoms with Crippen molar-refractivity contribution in [2.75, 3.05) is 6.61 Å². The fourth-order valence-electron chi connectivity index (χ4n) is 2.14. The second kappa shape index (κ2) is 6.43. The largest absolute Gasteiger partial charge is 0.394 e. The molecule has 0 aliphatic carbocycles. The zero-order valence-corrected chi connectivity index (χ0v) is 11.7. The number of primary amides is 1. The summed E-state index contributed by atoms with van der Waals surface area (Å²) in [6.07, 6.45) is -4.48. The van der Waals surface area contributed by atoms with Crippen molar-refractivity contribution in [3.05, 3.63) is 17.7 Å². The molecular weight excluding hydrogens is 294 g/mol. The Balaban J connectivity index is 2.44. The second-order valence-electron chi connectivity index (χ2n) is 4.89. The topological polar surface area (TPSA) is 151 Å². The van der Waals surface area contributed by atoms with Crippen LogP contribution in [-0.2, 0) is 4.74 Å². The van der Waals surface area contributed by atoms with Crippen LogP contribution in [0.25, 0.3) is 0 Å². The molecule has 2 rings (SSSR count). The molecule has 1 unspecified atom stereocenters. The molecule has 0 aromatic carbocycles. The highest BCUT2D eigenvalue weighted by Crippen LogP contribution is 2.30. The first-order valence-electron chi connectivity index (χ1n) is 6.55. The van der Waals surface area contributed by atoms with E-state index in [1.807, 2.05) is 0 Å². The Kier molecular flexibility index (Phi) is 4.80. The van der Waals surface area contributed by atoms with Gasteiger partial charge in [0.25, 0.3) is 5.91 Å². The number of carbonyl (C=O) groups is 1. The monoisotopic (exact) mass is 311 g/mol. The summed E-state index contributed by atoms with van der Waals surface area (Å²) in [6.45, 7) is 0.949. The summed E-state index contributed by atoms with van der Waals surface area (Å²) >= 11 is 0. The Bertz CT molecular complexity index is 617. The van der Waals surface area contributed by atoms with Crippen LogP contribution in [0.15, 0.2) is 6.33 Å². The number of hydrogen-bond donors (Lipinski definition) is 5. The summed E-state index contributed by atoms with van der Waals surface area (Å²) < 4.78 is 6.59. The first-order valence-corrected chi connectivity index (χ1v) is 6.55. The number of rotatable bonds is 3. The predicted octanol–water partition coefficient (Wildman–Crippen LogP) is -2.67. The van der Waals surface area contributed by atoms with Crippen LogP contribution in [0.5, 0.6) is 0 Å². The highest BCUT2D eigenvalue weighted by Gasteiger charge is 2.44. The Morgan fingerprint density at radius 2 is 2.23 bits per heavy atom. The van der Waals surface area contributed by atoms with Crippen molar-refractivity contribution >= 4 is 5.91 Å². The SMILES string of the molecule is CC(O)C#Cc1c(C(N)=O)ncn1[C@@H]1O[C@H](CO)[C@@H](O)[C@H]1O. The third kappa shape index (κ3) is 2.96. The summed E-state index contributed by atoms with van der Waals surface area (Å²) in [6, 6.07) is 0. The van der Waals surface area contributed by atoms with E-state index >= 15 is 0 Å². The third-order valence-corrected chi connectivity index (χ3v) is 3.22. The fraction of sp³-hybridized carbons (Fsp3) is 0.538. The molecule has 1 fully saturated rings. The predicted molar refractivity (Wildman–Crippen MR) is 72.3 cm³/mol. The molecule has 22 heavy (non-hydrogen) atoms. The maximum Gasteiger partial charge on any atom is 0.270 e. The van der Waals surface area contributed by atoms with Crippen molar-refractivity contribution in [1.82, 2.24) is 9.55 Å². The minimum Gasteiger partial charge on any atom is -0.394 e. The fourth-order valence-corrected chi connectivity index (χ4v) is 2.14. The molecule has 2 heterocycles. The lowest BCUT2D eigenvalue weighted by Gasteiger charge is -2.17. The number of ether oxygens (including phenoxy) is 1. The maximum absolute atomic E-state index is 11.4. The highest BCUT2D eigenvalue weighted by molar-refractivity contribution is 5.93. The highest BCUT2D eigenvalue weighted by atomic mass is 16.6. The molecule has 120 valence electrons. The van der Waals surface area contributed by atoms with Gasteiger partial charge >= 0.3 is 0 Å². The zero-order valence-electron chi connectivity index (χ0n) is 11.7. The Labute approximate surface area is 126 Å². The van der Waals surface area contributed by atoms with E-state index in [4.69, 9.17) is 15.6 Å². The van der Waals surface area contributed by atoms with E-state index in [-0.39, 0.29) is 11.4 Å². The van der Waals surface area contributed by atoms with Gasteiger partial charge < -0.3 is 30.9 Å². The molecule has 5 atom stereocenters. The van der Waals surface area contributed by atoms with Crippen LogP contribution in [0, 0.1) is 11.8 Å². The van der Waals surface area contributed by atoms with E-state index < -0.39 is 43.2 Å². The van der Waals surface area contributed by atoms with Gasteiger partial charge in [0.2, 0.25) is 0 Å². The molecule has 0 spiro atoms. The lowest BCUT2D eigenvalue weighted by Crippen LogP contribution is -2.33. The number of aliphatic hydroxyl groups excluding tert-OH is 4. The first kappa shape index (κ1) is 16.4. The molecule has 1 amide bonds. The first-order chi connectivity index (χ1) is 10.4. The average molecular weight is 311 g/mol. The van der Waals surface area contributed by atoms with Crippen LogP contribution in [0.2, 0.25) is 0 Å². The molecule has 0 saturated carbocycles. The van der Waals surface area contributed by atoms with Gasteiger partial charge in [-0.3, -0.25) is 9.36 Å². The molecule has 0 bridgehead atoms. The number of hydrogen-bond acceptors (Lipinski definition) is 7. The lowest BCUT2D eigenvalue weighted by atomic mass is 10.1. The van der Waals surface area contributed by atoms with Gasteiger partial charge in [0.05, 0.1) is 12.9 Å². The number of amides is 1. The normalized spacial score (nSPS) is 29.0. The van der Waals surface area contributed by atoms with Crippen molar-refractivity contribution in [3.8, 4) is 11.8 Å². The van der Waals surface area contributed by atoms with Crippen molar-refractivity contribution in [1.29, 1.82) is 0 Å². The van der Waals surface area contributed by atoms with E-state index in [0.29, 0.717) is 0 Å². The van der Waals surface area contributed by atoms with Crippen LogP contribution in [0.4, 0.5) is 0 Å². The van der Waals surface area contributed by atoms with Gasteiger partial charge in [-0.15, -0.1) is 0 Å². The molecule has 1 aromatic rings. The molecule has 1 aromatic heterocycles. The van der Waals surface area contributed by atoms with Gasteiger partial charge in [-0.05, 0) is 12.8 Å². The number of nitrogens with two attached hydrogens (primary N) is 1. The molecule has 1 aliphatic rings. The number of carbonyl (C=O) groups excluding carboxylic acids is 1. The molecule has 6 N–H and O–H groups in total. The van der Waals surface area contributed by atoms with Crippen LogP contribution in [0.3, 0.4) is 0 Å². The summed E-state index contributed by atoms with van der Waals surface area (Å²) in [4.78, 5) is 15.2. The second-order valence-corrected chi connectivity index (χ2v) is 4.89. The van der Waals surface area contributed by atoms with Gasteiger partial charge in [0.1, 0.15) is 30.1 Å². The van der Waals surface area contributed by atoms with Crippen molar-refractivity contribution in [3.63, 3.8) is 0 Å². The number of aliphatic hydroxyl groups is 4. The molecule has 1 saturated heterocycles. The smallest absolute Gasteiger partial charge is 0.270 e. The van der Waals surface area contributed by atoms with Crippen molar-refractivity contribution in [2.45, 2.75) is 37.6 Å². The van der Waals surface area contributed by atoms with E-state index in [2.05, 4.69) is 16.8 Å². The van der Waals surface area contributed by atoms with Gasteiger partial charge in [0, 0.05) is 0 Å². The van der Waals surface area contributed by atoms with Gasteiger partial charge in [-0.2, -0.15) is 0 Å². The Morgan fingerprint density at radius 1 is 1.55 bits per heavy atom. The molecule has 9 heteroatoms. The maximum atomic E-state index is 11.4. The Hall–Kier alpha value is -1.96. The molecule has 1 aliphatic heterocycles. The molecule has 9 nitrogen and oxygen atoms in total. The third-order valence-electron chi connectivity index (χ3n) is 3.22. The van der Waals surface area contributed by atoms with Gasteiger partial charge in [0.15, 0.2) is 11.9 Å². The van der Waals surface area contributed by atoms with Gasteiger partial charge in [-0.1, -0.05) is 5.92 Å². The van der Waals surface area contributed by atoms with Crippen LogP contribution >= 0.6 is 0 Å². The lowest BCUT2D eigenvalue weighted by molar-refractivity contribution is -0.0531. The summed E-state index contributed by atoms with van der Waals surface area (Å²) in [5.74, 6) is 4.17. The number of aromatic nitrogens is 2. The minimum atomic E-state index is -1.35. The summed E-state index contributed by atoms with van der Waals surface area (Å²) in [5.41, 5.74) is 5.11. The molecular formula is C13H17N3O6. The number of nitrogens with zero attached hydrogens (tertiary/aromatic N) is 2. The van der Waals surface area contributed by atoms with Crippen molar-refractivity contribution in [2.24, 2.45) is 5.73 Å². The van der Waals surface area contributed by atoms with Gasteiger partial charge in [-0.25, -0.2) is 4.98 Å². The standard InChI is InChI=1S/C13H17N3O6/c1-6(18)2-3-7-9(12(14)21)15-5-16(7)13-11(20)10(19)8(4-17)22-13/h5-6,8,10-11,13,17-20H,4H2,1H3,(H2,14,21)/t6?,8-,10-,11-,13-/m1/s1. The van der Waals surface area contributed by atoms with Crippen LogP contribution in [-0.4, -0.2) is 66.9 Å². The minimum absolute atomic E-state index is 0.0447. The summed E-state index contributed by atoms with van der Waals surface area (Å²) in [5, 5.41) is 38.1. The quantitative estimate of drug-likeness (QED) is 0.382. The van der Waals surface area contributed by atoms with E-state index in [1.165, 1.54) is 17.8 Å². The summed E-state index contributed by atoms with van der Waals surface area (Å²) in [7, 11) is 0. The van der Waals surface area contributed by atoms with Crippen molar-refractivity contribution < 1.29 is 30.0 Å². The zero-order chi connectivity index (χ0) is 16.4.